The molecule has 3 rings (SSSR count). The Morgan fingerprint density at radius 3 is 2.82 bits per heavy atom. The highest BCUT2D eigenvalue weighted by Crippen LogP contribution is 2.14. The number of H-pyrrole nitrogens is 1. The molecule has 1 amide bonds. The highest BCUT2D eigenvalue weighted by molar-refractivity contribution is 7.99. The molecule has 1 aromatic heterocycles. The smallest absolute Gasteiger partial charge is 0.240 e. The van der Waals surface area contributed by atoms with Crippen LogP contribution in [0.3, 0.4) is 0 Å². The molecule has 0 aliphatic carbocycles. The maximum absolute atomic E-state index is 12.0. The van der Waals surface area contributed by atoms with Crippen molar-refractivity contribution in [3.8, 4) is 0 Å². The molecule has 2 aromatic carbocycles. The Labute approximate surface area is 172 Å². The van der Waals surface area contributed by atoms with E-state index in [0.29, 0.717) is 22.7 Å². The van der Waals surface area contributed by atoms with E-state index >= 15 is 0 Å². The Balaban J connectivity index is 1.44. The molecule has 7 nitrogen and oxygen atoms in total. The zero-order chi connectivity index (χ0) is 19.8. The normalized spacial score (nSPS) is 11.3. The summed E-state index contributed by atoms with van der Waals surface area (Å²) in [7, 11) is 0. The number of hydrazone groups is 1. The highest BCUT2D eigenvalue weighted by Gasteiger charge is 2.08. The van der Waals surface area contributed by atoms with Gasteiger partial charge in [-0.15, -0.1) is 5.10 Å². The van der Waals surface area contributed by atoms with Crippen molar-refractivity contribution in [2.45, 2.75) is 18.6 Å². The predicted molar refractivity (Wildman–Crippen MR) is 113 cm³/mol. The van der Waals surface area contributed by atoms with Crippen LogP contribution in [0.4, 0.5) is 5.95 Å². The molecule has 0 atom stereocenters. The van der Waals surface area contributed by atoms with Crippen molar-refractivity contribution in [1.82, 2.24) is 20.5 Å². The van der Waals surface area contributed by atoms with Gasteiger partial charge in [0.2, 0.25) is 17.0 Å². The third kappa shape index (κ3) is 6.11. The van der Waals surface area contributed by atoms with Crippen molar-refractivity contribution in [2.24, 2.45) is 5.10 Å². The summed E-state index contributed by atoms with van der Waals surface area (Å²) in [5, 5.41) is 15.0. The van der Waals surface area contributed by atoms with E-state index in [2.05, 4.69) is 31.0 Å². The van der Waals surface area contributed by atoms with Crippen LogP contribution in [0.5, 0.6) is 0 Å². The minimum atomic E-state index is -0.109. The van der Waals surface area contributed by atoms with Gasteiger partial charge < -0.3 is 5.32 Å². The fourth-order valence-electron chi connectivity index (χ4n) is 2.27. The maximum atomic E-state index is 12.0. The number of hydrogen-bond donors (Lipinski definition) is 3. The topological polar surface area (TPSA) is 95.1 Å². The Bertz CT molecular complexity index is 960. The Kier molecular flexibility index (Phi) is 7.05. The van der Waals surface area contributed by atoms with Gasteiger partial charge in [0.15, 0.2) is 0 Å². The molecule has 0 saturated heterocycles. The number of halogens is 1. The third-order valence-corrected chi connectivity index (χ3v) is 4.78. The van der Waals surface area contributed by atoms with Crippen molar-refractivity contribution < 1.29 is 4.79 Å². The first-order valence-corrected chi connectivity index (χ1v) is 9.88. The first-order chi connectivity index (χ1) is 13.6. The molecule has 0 spiro atoms. The van der Waals surface area contributed by atoms with Crippen LogP contribution in [0.15, 0.2) is 64.9 Å². The van der Waals surface area contributed by atoms with Gasteiger partial charge in [0.05, 0.1) is 11.5 Å². The molecular formula is C19H19ClN6OS. The van der Waals surface area contributed by atoms with Crippen molar-refractivity contribution in [3.05, 3.63) is 70.7 Å². The molecular weight excluding hydrogens is 396 g/mol. The van der Waals surface area contributed by atoms with Crippen molar-refractivity contribution >= 4 is 40.9 Å². The largest absolute Gasteiger partial charge is 0.351 e. The van der Waals surface area contributed by atoms with E-state index in [4.69, 9.17) is 11.6 Å². The second kappa shape index (κ2) is 9.91. The number of nitrogens with zero attached hydrogens (tertiary/aromatic N) is 3. The third-order valence-electron chi connectivity index (χ3n) is 3.70. The number of rotatable bonds is 8. The lowest BCUT2D eigenvalue weighted by molar-refractivity contribution is -0.118. The second-order valence-electron chi connectivity index (χ2n) is 5.84. The SMILES string of the molecule is C/C(=N\Nc1nc(SCC(=O)NCc2cccc(Cl)c2)n[nH]1)c1ccccc1. The maximum Gasteiger partial charge on any atom is 0.240 e. The molecule has 0 aliphatic rings. The lowest BCUT2D eigenvalue weighted by Gasteiger charge is -2.04. The number of benzene rings is 2. The summed E-state index contributed by atoms with van der Waals surface area (Å²) in [6.45, 7) is 2.33. The van der Waals surface area contributed by atoms with E-state index in [1.165, 1.54) is 11.8 Å². The van der Waals surface area contributed by atoms with Crippen LogP contribution < -0.4 is 10.7 Å². The van der Waals surface area contributed by atoms with Crippen molar-refractivity contribution in [1.29, 1.82) is 0 Å². The van der Waals surface area contributed by atoms with Gasteiger partial charge in [-0.2, -0.15) is 10.1 Å². The van der Waals surface area contributed by atoms with E-state index < -0.39 is 0 Å². The molecule has 0 radical (unpaired) electrons. The van der Waals surface area contributed by atoms with Gasteiger partial charge in [0.25, 0.3) is 0 Å². The number of nitrogens with one attached hydrogen (secondary N) is 3. The average Bonchev–Trinajstić information content (AvgIpc) is 3.17. The zero-order valence-electron chi connectivity index (χ0n) is 15.1. The summed E-state index contributed by atoms with van der Waals surface area (Å²) < 4.78 is 0. The molecule has 0 aliphatic heterocycles. The molecule has 28 heavy (non-hydrogen) atoms. The van der Waals surface area contributed by atoms with Crippen LogP contribution in [-0.2, 0) is 11.3 Å². The molecule has 1 heterocycles. The number of anilines is 1. The number of carbonyl (C=O) groups is 1. The Morgan fingerprint density at radius 2 is 2.04 bits per heavy atom. The number of amides is 1. The van der Waals surface area contributed by atoms with Crippen LogP contribution in [0.25, 0.3) is 0 Å². The van der Waals surface area contributed by atoms with Gasteiger partial charge in [0.1, 0.15) is 0 Å². The van der Waals surface area contributed by atoms with Crippen LogP contribution >= 0.6 is 23.4 Å². The molecule has 9 heteroatoms. The molecule has 0 fully saturated rings. The van der Waals surface area contributed by atoms with Crippen molar-refractivity contribution in [3.63, 3.8) is 0 Å². The fraction of sp³-hybridized carbons (Fsp3) is 0.158. The van der Waals surface area contributed by atoms with Gasteiger partial charge in [-0.05, 0) is 30.2 Å². The standard InChI is InChI=1S/C19H19ClN6OS/c1-13(15-7-3-2-4-8-15)23-24-18-22-19(26-25-18)28-12-17(27)21-11-14-6-5-9-16(20)10-14/h2-10H,11-12H2,1H3,(H,21,27)(H2,22,24,25,26)/b23-13+. The highest BCUT2D eigenvalue weighted by atomic mass is 35.5. The van der Waals surface area contributed by atoms with Crippen LogP contribution in [0, 0.1) is 0 Å². The van der Waals surface area contributed by atoms with Crippen LogP contribution in [0.1, 0.15) is 18.1 Å². The monoisotopic (exact) mass is 414 g/mol. The van der Waals surface area contributed by atoms with Crippen molar-refractivity contribution in [2.75, 3.05) is 11.2 Å². The van der Waals surface area contributed by atoms with E-state index in [1.807, 2.05) is 55.5 Å². The molecule has 3 N–H and O–H groups in total. The molecule has 0 bridgehead atoms. The Morgan fingerprint density at radius 1 is 1.21 bits per heavy atom. The number of carbonyl (C=O) groups excluding carboxylic acids is 1. The van der Waals surface area contributed by atoms with E-state index in [9.17, 15) is 4.79 Å². The number of hydrogen-bond acceptors (Lipinski definition) is 6. The van der Waals surface area contributed by atoms with Gasteiger partial charge in [-0.25, -0.2) is 10.5 Å². The molecule has 0 unspecified atom stereocenters. The Hall–Kier alpha value is -2.84. The first-order valence-electron chi connectivity index (χ1n) is 8.52. The average molecular weight is 415 g/mol. The number of aromatic nitrogens is 3. The van der Waals surface area contributed by atoms with Gasteiger partial charge >= 0.3 is 0 Å². The summed E-state index contributed by atoms with van der Waals surface area (Å²) in [6.07, 6.45) is 0. The van der Waals surface area contributed by atoms with E-state index in [-0.39, 0.29) is 11.7 Å². The lowest BCUT2D eigenvalue weighted by atomic mass is 10.1. The zero-order valence-corrected chi connectivity index (χ0v) is 16.7. The first kappa shape index (κ1) is 19.9. The summed E-state index contributed by atoms with van der Waals surface area (Å²) in [5.74, 6) is 0.517. The summed E-state index contributed by atoms with van der Waals surface area (Å²) in [6, 6.07) is 17.2. The van der Waals surface area contributed by atoms with Crippen LogP contribution in [-0.4, -0.2) is 32.6 Å². The predicted octanol–water partition coefficient (Wildman–Crippen LogP) is 3.70. The van der Waals surface area contributed by atoms with Gasteiger partial charge in [-0.1, -0.05) is 65.8 Å². The summed E-state index contributed by atoms with van der Waals surface area (Å²) in [4.78, 5) is 16.2. The summed E-state index contributed by atoms with van der Waals surface area (Å²) in [5.41, 5.74) is 5.62. The quantitative estimate of drug-likeness (QED) is 0.297. The number of aromatic amines is 1. The lowest BCUT2D eigenvalue weighted by Crippen LogP contribution is -2.24. The molecule has 3 aromatic rings. The molecule has 144 valence electrons. The van der Waals surface area contributed by atoms with E-state index in [0.717, 1.165) is 16.8 Å². The van der Waals surface area contributed by atoms with Gasteiger partial charge in [-0.3, -0.25) is 4.79 Å². The molecule has 0 saturated carbocycles. The summed E-state index contributed by atoms with van der Waals surface area (Å²) >= 11 is 7.17. The number of thioether (sulfide) groups is 1. The fourth-order valence-corrected chi connectivity index (χ4v) is 3.11. The minimum absolute atomic E-state index is 0.109. The van der Waals surface area contributed by atoms with E-state index in [1.54, 1.807) is 6.07 Å². The minimum Gasteiger partial charge on any atom is -0.351 e. The van der Waals surface area contributed by atoms with Gasteiger partial charge in [0, 0.05) is 11.6 Å². The van der Waals surface area contributed by atoms with Crippen LogP contribution in [0.2, 0.25) is 5.02 Å². The second-order valence-corrected chi connectivity index (χ2v) is 7.22.